The number of halogens is 2. The number of benzene rings is 1. The van der Waals surface area contributed by atoms with Crippen LogP contribution in [-0.2, 0) is 11.3 Å². The first kappa shape index (κ1) is 17.6. The van der Waals surface area contributed by atoms with Gasteiger partial charge in [-0.1, -0.05) is 0 Å². The van der Waals surface area contributed by atoms with Gasteiger partial charge in [-0.2, -0.15) is 5.10 Å². The van der Waals surface area contributed by atoms with Gasteiger partial charge in [0.15, 0.2) is 5.82 Å². The molecule has 0 aliphatic heterocycles. The number of ether oxygens (including phenoxy) is 1. The number of hydrogen-bond acceptors (Lipinski definition) is 3. The molecule has 0 aliphatic rings. The van der Waals surface area contributed by atoms with Crippen LogP contribution in [0.15, 0.2) is 18.2 Å². The van der Waals surface area contributed by atoms with E-state index < -0.39 is 11.6 Å². The van der Waals surface area contributed by atoms with Crippen molar-refractivity contribution >= 4 is 0 Å². The minimum Gasteiger partial charge on any atom is -0.382 e. The lowest BCUT2D eigenvalue weighted by Crippen LogP contribution is -2.17. The third kappa shape index (κ3) is 4.36. The molecule has 1 heterocycles. The maximum absolute atomic E-state index is 14.0. The third-order valence-corrected chi connectivity index (χ3v) is 3.73. The topological polar surface area (TPSA) is 39.1 Å². The normalized spacial score (nSPS) is 11.2. The van der Waals surface area contributed by atoms with E-state index in [-0.39, 0.29) is 5.69 Å². The van der Waals surface area contributed by atoms with Gasteiger partial charge in [-0.15, -0.1) is 0 Å². The number of aryl methyl sites for hydroxylation is 1. The number of hydrogen-bond donors (Lipinski definition) is 1. The van der Waals surface area contributed by atoms with Gasteiger partial charge in [-0.25, -0.2) is 13.5 Å². The smallest absolute Gasteiger partial charge is 0.151 e. The van der Waals surface area contributed by atoms with Gasteiger partial charge in [0.2, 0.25) is 0 Å². The van der Waals surface area contributed by atoms with Crippen molar-refractivity contribution in [2.24, 2.45) is 0 Å². The molecule has 0 bridgehead atoms. The minimum absolute atomic E-state index is 0.259. The average molecular weight is 323 g/mol. The van der Waals surface area contributed by atoms with Gasteiger partial charge in [0.05, 0.1) is 5.69 Å². The molecule has 0 aliphatic carbocycles. The molecule has 2 aromatic rings. The Balaban J connectivity index is 2.07. The highest BCUT2D eigenvalue weighted by Gasteiger charge is 2.15. The fourth-order valence-corrected chi connectivity index (χ4v) is 2.48. The van der Waals surface area contributed by atoms with Crippen molar-refractivity contribution in [2.45, 2.75) is 33.7 Å². The summed E-state index contributed by atoms with van der Waals surface area (Å²) in [7, 11) is 0. The van der Waals surface area contributed by atoms with Crippen LogP contribution in [0.4, 0.5) is 8.78 Å². The van der Waals surface area contributed by atoms with E-state index >= 15 is 0 Å². The van der Waals surface area contributed by atoms with Crippen molar-refractivity contribution in [3.05, 3.63) is 46.8 Å². The number of rotatable bonds is 8. The van der Waals surface area contributed by atoms with E-state index in [4.69, 9.17) is 4.74 Å². The quantitative estimate of drug-likeness (QED) is 0.758. The zero-order valence-electron chi connectivity index (χ0n) is 13.8. The summed E-state index contributed by atoms with van der Waals surface area (Å²) in [4.78, 5) is 0. The van der Waals surface area contributed by atoms with E-state index in [1.165, 1.54) is 16.8 Å². The van der Waals surface area contributed by atoms with Crippen LogP contribution in [0.2, 0.25) is 0 Å². The van der Waals surface area contributed by atoms with E-state index in [9.17, 15) is 8.78 Å². The summed E-state index contributed by atoms with van der Waals surface area (Å²) >= 11 is 0. The Morgan fingerprint density at radius 1 is 1.26 bits per heavy atom. The van der Waals surface area contributed by atoms with Crippen LogP contribution in [0.3, 0.4) is 0 Å². The van der Waals surface area contributed by atoms with Crippen LogP contribution < -0.4 is 5.32 Å². The third-order valence-electron chi connectivity index (χ3n) is 3.73. The van der Waals surface area contributed by atoms with Gasteiger partial charge in [-0.3, -0.25) is 0 Å². The molecule has 0 saturated carbocycles. The first-order valence-electron chi connectivity index (χ1n) is 7.83. The molecule has 1 N–H and O–H groups in total. The SMILES string of the molecule is CCOCCCNCc1c(C)nn(-c2ccc(F)cc2F)c1C. The molecule has 0 atom stereocenters. The summed E-state index contributed by atoms with van der Waals surface area (Å²) in [6.45, 7) is 8.72. The number of aromatic nitrogens is 2. The fraction of sp³-hybridized carbons (Fsp3) is 0.471. The van der Waals surface area contributed by atoms with Crippen molar-refractivity contribution in [3.8, 4) is 5.69 Å². The highest BCUT2D eigenvalue weighted by Crippen LogP contribution is 2.20. The van der Waals surface area contributed by atoms with Gasteiger partial charge < -0.3 is 10.1 Å². The maximum Gasteiger partial charge on any atom is 0.151 e. The second kappa shape index (κ2) is 8.17. The Bertz CT molecular complexity index is 656. The van der Waals surface area contributed by atoms with Gasteiger partial charge in [0.1, 0.15) is 11.5 Å². The summed E-state index contributed by atoms with van der Waals surface area (Å²) in [5.41, 5.74) is 2.98. The molecule has 0 spiro atoms. The Kier molecular flexibility index (Phi) is 6.24. The molecule has 1 aromatic carbocycles. The molecule has 126 valence electrons. The van der Waals surface area contributed by atoms with Crippen molar-refractivity contribution in [1.82, 2.24) is 15.1 Å². The summed E-state index contributed by atoms with van der Waals surface area (Å²) in [5, 5.41) is 7.73. The lowest BCUT2D eigenvalue weighted by atomic mass is 10.2. The monoisotopic (exact) mass is 323 g/mol. The van der Waals surface area contributed by atoms with Gasteiger partial charge in [-0.05, 0) is 45.9 Å². The van der Waals surface area contributed by atoms with Crippen LogP contribution in [0.25, 0.3) is 5.69 Å². The van der Waals surface area contributed by atoms with Crippen LogP contribution in [0.1, 0.15) is 30.3 Å². The van der Waals surface area contributed by atoms with Crippen LogP contribution >= 0.6 is 0 Å². The zero-order valence-corrected chi connectivity index (χ0v) is 13.8. The molecular formula is C17H23F2N3O. The predicted molar refractivity (Wildman–Crippen MR) is 85.8 cm³/mol. The summed E-state index contributed by atoms with van der Waals surface area (Å²) < 4.78 is 33.8. The van der Waals surface area contributed by atoms with Crippen molar-refractivity contribution < 1.29 is 13.5 Å². The van der Waals surface area contributed by atoms with Crippen molar-refractivity contribution in [2.75, 3.05) is 19.8 Å². The molecule has 0 unspecified atom stereocenters. The van der Waals surface area contributed by atoms with Gasteiger partial charge in [0.25, 0.3) is 0 Å². The molecule has 1 aromatic heterocycles. The largest absolute Gasteiger partial charge is 0.382 e. The van der Waals surface area contributed by atoms with Crippen LogP contribution in [-0.4, -0.2) is 29.5 Å². The first-order chi connectivity index (χ1) is 11.0. The second-order valence-electron chi connectivity index (χ2n) is 5.38. The molecule has 0 fully saturated rings. The van der Waals surface area contributed by atoms with Gasteiger partial charge in [0, 0.05) is 37.1 Å². The minimum atomic E-state index is -0.619. The fourth-order valence-electron chi connectivity index (χ4n) is 2.48. The Labute approximate surface area is 135 Å². The van der Waals surface area contributed by atoms with E-state index in [0.717, 1.165) is 49.2 Å². The predicted octanol–water partition coefficient (Wildman–Crippen LogP) is 3.28. The van der Waals surface area contributed by atoms with Crippen molar-refractivity contribution in [1.29, 1.82) is 0 Å². The van der Waals surface area contributed by atoms with Crippen LogP contribution in [0.5, 0.6) is 0 Å². The molecule has 0 saturated heterocycles. The zero-order chi connectivity index (χ0) is 16.8. The highest BCUT2D eigenvalue weighted by molar-refractivity contribution is 5.38. The van der Waals surface area contributed by atoms with E-state index in [1.54, 1.807) is 0 Å². The molecule has 6 heteroatoms. The molecule has 2 rings (SSSR count). The highest BCUT2D eigenvalue weighted by atomic mass is 19.1. The maximum atomic E-state index is 14.0. The number of nitrogens with one attached hydrogen (secondary N) is 1. The Hall–Kier alpha value is -1.79. The Morgan fingerprint density at radius 2 is 2.04 bits per heavy atom. The molecule has 0 amide bonds. The van der Waals surface area contributed by atoms with Crippen molar-refractivity contribution in [3.63, 3.8) is 0 Å². The molecular weight excluding hydrogens is 300 g/mol. The van der Waals surface area contributed by atoms with Gasteiger partial charge >= 0.3 is 0 Å². The van der Waals surface area contributed by atoms with E-state index in [0.29, 0.717) is 6.54 Å². The summed E-state index contributed by atoms with van der Waals surface area (Å²) in [6, 6.07) is 3.52. The lowest BCUT2D eigenvalue weighted by Gasteiger charge is -2.08. The number of nitrogens with zero attached hydrogens (tertiary/aromatic N) is 2. The summed E-state index contributed by atoms with van der Waals surface area (Å²) in [6.07, 6.45) is 0.937. The molecule has 4 nitrogen and oxygen atoms in total. The standard InChI is InChI=1S/C17H23F2N3O/c1-4-23-9-5-8-20-11-15-12(2)21-22(13(15)3)17-7-6-14(18)10-16(17)19/h6-7,10,20H,4-5,8-9,11H2,1-3H3. The lowest BCUT2D eigenvalue weighted by molar-refractivity contribution is 0.144. The first-order valence-corrected chi connectivity index (χ1v) is 7.83. The molecule has 0 radical (unpaired) electrons. The van der Waals surface area contributed by atoms with E-state index in [2.05, 4.69) is 10.4 Å². The molecule has 23 heavy (non-hydrogen) atoms. The van der Waals surface area contributed by atoms with E-state index in [1.807, 2.05) is 20.8 Å². The van der Waals surface area contributed by atoms with Crippen LogP contribution in [0, 0.1) is 25.5 Å². The summed E-state index contributed by atoms with van der Waals surface area (Å²) in [5.74, 6) is -1.21. The average Bonchev–Trinajstić information content (AvgIpc) is 2.78. The Morgan fingerprint density at radius 3 is 2.74 bits per heavy atom. The second-order valence-corrected chi connectivity index (χ2v) is 5.38.